The van der Waals surface area contributed by atoms with Crippen LogP contribution in [0.2, 0.25) is 0 Å². The summed E-state index contributed by atoms with van der Waals surface area (Å²) >= 11 is 0. The van der Waals surface area contributed by atoms with Crippen LogP contribution in [-0.2, 0) is 9.53 Å². The third kappa shape index (κ3) is 4.85. The summed E-state index contributed by atoms with van der Waals surface area (Å²) in [6, 6.07) is 15.2. The third-order valence-electron chi connectivity index (χ3n) is 4.48. The Labute approximate surface area is 154 Å². The number of nitrogens with one attached hydrogen (secondary N) is 1. The van der Waals surface area contributed by atoms with Gasteiger partial charge < -0.3 is 15.8 Å². The van der Waals surface area contributed by atoms with Gasteiger partial charge in [0.25, 0.3) is 5.91 Å². The van der Waals surface area contributed by atoms with Crippen molar-refractivity contribution < 1.29 is 14.3 Å². The van der Waals surface area contributed by atoms with Gasteiger partial charge in [-0.2, -0.15) is 0 Å². The molecule has 0 saturated carbocycles. The Hall–Kier alpha value is -2.82. The Morgan fingerprint density at radius 3 is 2.46 bits per heavy atom. The molecule has 0 aromatic heterocycles. The van der Waals surface area contributed by atoms with E-state index in [4.69, 9.17) is 10.5 Å². The molecule has 2 aromatic carbocycles. The van der Waals surface area contributed by atoms with Crippen molar-refractivity contribution in [1.82, 2.24) is 5.32 Å². The summed E-state index contributed by atoms with van der Waals surface area (Å²) in [6.07, 6.45) is 0.00820. The average Bonchev–Trinajstić information content (AvgIpc) is 2.65. The summed E-state index contributed by atoms with van der Waals surface area (Å²) in [4.78, 5) is 24.6. The Kier molecular flexibility index (Phi) is 6.78. The maximum Gasteiger partial charge on any atom is 0.341 e. The minimum absolute atomic E-state index is 0.218. The minimum atomic E-state index is -0.893. The highest BCUT2D eigenvalue weighted by atomic mass is 16.5. The number of carbonyl (C=O) groups is 2. The summed E-state index contributed by atoms with van der Waals surface area (Å²) in [7, 11) is 0. The first-order chi connectivity index (χ1) is 12.4. The van der Waals surface area contributed by atoms with Crippen LogP contribution in [-0.4, -0.2) is 24.5 Å². The molecule has 0 aliphatic heterocycles. The van der Waals surface area contributed by atoms with Gasteiger partial charge >= 0.3 is 5.97 Å². The summed E-state index contributed by atoms with van der Waals surface area (Å²) in [5.41, 5.74) is 8.54. The fraction of sp³-hybridized carbons (Fsp3) is 0.333. The number of hydrogen-bond donors (Lipinski definition) is 2. The molecule has 2 atom stereocenters. The quantitative estimate of drug-likeness (QED) is 0.589. The Morgan fingerprint density at radius 1 is 1.12 bits per heavy atom. The highest BCUT2D eigenvalue weighted by molar-refractivity contribution is 5.97. The lowest BCUT2D eigenvalue weighted by molar-refractivity contribution is -0.129. The molecule has 0 bridgehead atoms. The van der Waals surface area contributed by atoms with Gasteiger partial charge in [-0.1, -0.05) is 49.4 Å². The van der Waals surface area contributed by atoms with E-state index in [0.717, 1.165) is 12.0 Å². The average molecular weight is 354 g/mol. The van der Waals surface area contributed by atoms with Crippen LogP contribution in [0.15, 0.2) is 48.5 Å². The molecule has 0 fully saturated rings. The molecule has 138 valence electrons. The van der Waals surface area contributed by atoms with Gasteiger partial charge in [-0.25, -0.2) is 4.79 Å². The zero-order valence-electron chi connectivity index (χ0n) is 15.5. The third-order valence-corrected chi connectivity index (χ3v) is 4.48. The highest BCUT2D eigenvalue weighted by Gasteiger charge is 2.21. The Bertz CT molecular complexity index is 759. The number of rotatable bonds is 7. The van der Waals surface area contributed by atoms with Crippen LogP contribution in [0.1, 0.15) is 47.7 Å². The second-order valence-corrected chi connectivity index (χ2v) is 6.34. The standard InChI is InChI=1S/C21H26N2O3/c1-4-16(17-10-6-5-7-11-17)13-23-20(24)15(3)26-21(25)18-12-8-9-14(2)19(18)22/h5-12,15-16H,4,13,22H2,1-3H3,(H,23,24)/t15-,16+/m1/s1. The second kappa shape index (κ2) is 9.04. The number of hydrogen-bond acceptors (Lipinski definition) is 4. The molecule has 0 unspecified atom stereocenters. The van der Waals surface area contributed by atoms with E-state index in [1.54, 1.807) is 19.1 Å². The lowest BCUT2D eigenvalue weighted by Gasteiger charge is -2.19. The maximum atomic E-state index is 12.3. The predicted octanol–water partition coefficient (Wildman–Crippen LogP) is 3.43. The van der Waals surface area contributed by atoms with Crippen molar-refractivity contribution in [2.45, 2.75) is 39.2 Å². The fourth-order valence-electron chi connectivity index (χ4n) is 2.73. The monoisotopic (exact) mass is 354 g/mol. The minimum Gasteiger partial charge on any atom is -0.449 e. The van der Waals surface area contributed by atoms with Crippen molar-refractivity contribution >= 4 is 17.6 Å². The summed E-state index contributed by atoms with van der Waals surface area (Å²) < 4.78 is 5.27. The molecule has 0 radical (unpaired) electrons. The van der Waals surface area contributed by atoms with E-state index in [1.807, 2.05) is 43.3 Å². The van der Waals surface area contributed by atoms with E-state index in [2.05, 4.69) is 12.2 Å². The van der Waals surface area contributed by atoms with Crippen molar-refractivity contribution in [1.29, 1.82) is 0 Å². The van der Waals surface area contributed by atoms with Crippen molar-refractivity contribution in [3.05, 3.63) is 65.2 Å². The van der Waals surface area contributed by atoms with Gasteiger partial charge in [-0.3, -0.25) is 4.79 Å². The summed E-state index contributed by atoms with van der Waals surface area (Å²) in [6.45, 7) is 5.95. The molecule has 5 heteroatoms. The first-order valence-corrected chi connectivity index (χ1v) is 8.82. The number of amides is 1. The Morgan fingerprint density at radius 2 is 1.81 bits per heavy atom. The van der Waals surface area contributed by atoms with E-state index in [9.17, 15) is 9.59 Å². The maximum absolute atomic E-state index is 12.3. The topological polar surface area (TPSA) is 81.4 Å². The van der Waals surface area contributed by atoms with Crippen molar-refractivity contribution in [3.8, 4) is 0 Å². The smallest absolute Gasteiger partial charge is 0.341 e. The van der Waals surface area contributed by atoms with Crippen LogP contribution < -0.4 is 11.1 Å². The Balaban J connectivity index is 1.93. The van der Waals surface area contributed by atoms with E-state index in [1.165, 1.54) is 5.56 Å². The number of aryl methyl sites for hydroxylation is 1. The van der Waals surface area contributed by atoms with E-state index in [-0.39, 0.29) is 17.4 Å². The molecule has 0 heterocycles. The van der Waals surface area contributed by atoms with Crippen LogP contribution in [0.3, 0.4) is 0 Å². The van der Waals surface area contributed by atoms with Crippen LogP contribution in [0.5, 0.6) is 0 Å². The van der Waals surface area contributed by atoms with Gasteiger partial charge in [0.2, 0.25) is 0 Å². The number of ether oxygens (including phenoxy) is 1. The molecule has 5 nitrogen and oxygen atoms in total. The van der Waals surface area contributed by atoms with Crippen LogP contribution >= 0.6 is 0 Å². The molecule has 0 aliphatic carbocycles. The first kappa shape index (κ1) is 19.5. The number of nitrogens with two attached hydrogens (primary N) is 1. The van der Waals surface area contributed by atoms with Gasteiger partial charge in [0.15, 0.2) is 6.10 Å². The molecule has 2 aromatic rings. The molecule has 2 rings (SSSR count). The molecule has 1 amide bonds. The van der Waals surface area contributed by atoms with Gasteiger partial charge in [-0.15, -0.1) is 0 Å². The van der Waals surface area contributed by atoms with E-state index in [0.29, 0.717) is 12.2 Å². The number of carbonyl (C=O) groups excluding carboxylic acids is 2. The lowest BCUT2D eigenvalue weighted by Crippen LogP contribution is -2.38. The number of benzene rings is 2. The summed E-state index contributed by atoms with van der Waals surface area (Å²) in [5.74, 6) is -0.696. The van der Waals surface area contributed by atoms with Crippen molar-refractivity contribution in [2.24, 2.45) is 0 Å². The van der Waals surface area contributed by atoms with Gasteiger partial charge in [-0.05, 0) is 37.5 Å². The largest absolute Gasteiger partial charge is 0.449 e. The molecule has 26 heavy (non-hydrogen) atoms. The van der Waals surface area contributed by atoms with Crippen LogP contribution in [0.4, 0.5) is 5.69 Å². The highest BCUT2D eigenvalue weighted by Crippen LogP contribution is 2.19. The lowest BCUT2D eigenvalue weighted by atomic mass is 9.96. The normalized spacial score (nSPS) is 12.9. The summed E-state index contributed by atoms with van der Waals surface area (Å²) in [5, 5.41) is 2.87. The predicted molar refractivity (Wildman–Crippen MR) is 103 cm³/mol. The number of esters is 1. The SMILES string of the molecule is CC[C@@H](CNC(=O)[C@@H](C)OC(=O)c1cccc(C)c1N)c1ccccc1. The molecule has 0 saturated heterocycles. The molecule has 0 spiro atoms. The number of anilines is 1. The molecule has 3 N–H and O–H groups in total. The van der Waals surface area contributed by atoms with Crippen molar-refractivity contribution in [3.63, 3.8) is 0 Å². The number of para-hydroxylation sites is 1. The van der Waals surface area contributed by atoms with Crippen LogP contribution in [0, 0.1) is 6.92 Å². The first-order valence-electron chi connectivity index (χ1n) is 8.82. The van der Waals surface area contributed by atoms with Gasteiger partial charge in [0.05, 0.1) is 5.56 Å². The van der Waals surface area contributed by atoms with E-state index < -0.39 is 12.1 Å². The van der Waals surface area contributed by atoms with Crippen LogP contribution in [0.25, 0.3) is 0 Å². The fourth-order valence-corrected chi connectivity index (χ4v) is 2.73. The van der Waals surface area contributed by atoms with E-state index >= 15 is 0 Å². The zero-order chi connectivity index (χ0) is 19.1. The molecular weight excluding hydrogens is 328 g/mol. The zero-order valence-corrected chi connectivity index (χ0v) is 15.5. The van der Waals surface area contributed by atoms with Gasteiger partial charge in [0.1, 0.15) is 0 Å². The molecular formula is C21H26N2O3. The number of nitrogen functional groups attached to an aromatic ring is 1. The van der Waals surface area contributed by atoms with Gasteiger partial charge in [0, 0.05) is 18.2 Å². The second-order valence-electron chi connectivity index (χ2n) is 6.34. The molecule has 0 aliphatic rings. The van der Waals surface area contributed by atoms with Crippen molar-refractivity contribution in [2.75, 3.05) is 12.3 Å².